The summed E-state index contributed by atoms with van der Waals surface area (Å²) < 4.78 is 59.6. The van der Waals surface area contributed by atoms with Crippen LogP contribution in [-0.4, -0.2) is 43.1 Å². The Bertz CT molecular complexity index is 656. The second-order valence-corrected chi connectivity index (χ2v) is 12.7. The minimum atomic E-state index is -4.68. The fourth-order valence-electron chi connectivity index (χ4n) is 2.82. The van der Waals surface area contributed by atoms with Crippen LogP contribution in [0.4, 0.5) is 13.2 Å². The monoisotopic (exact) mass is 400 g/mol. The Kier molecular flexibility index (Phi) is 6.46. The van der Waals surface area contributed by atoms with Crippen molar-refractivity contribution in [1.29, 1.82) is 0 Å². The molecule has 0 spiro atoms. The van der Waals surface area contributed by atoms with Gasteiger partial charge in [0.05, 0.1) is 0 Å². The maximum atomic E-state index is 14.8. The highest BCUT2D eigenvalue weighted by Gasteiger charge is 2.69. The van der Waals surface area contributed by atoms with Gasteiger partial charge in [-0.25, -0.2) is 4.39 Å². The van der Waals surface area contributed by atoms with Crippen LogP contribution in [0, 0.1) is 0 Å². The van der Waals surface area contributed by atoms with E-state index >= 15 is 0 Å². The van der Waals surface area contributed by atoms with Crippen molar-refractivity contribution >= 4 is 27.5 Å². The molecule has 1 unspecified atom stereocenters. The molecule has 2 rings (SSSR count). The van der Waals surface area contributed by atoms with Gasteiger partial charge in [-0.15, -0.1) is 0 Å². The third-order valence-electron chi connectivity index (χ3n) is 4.43. The maximum absolute atomic E-state index is 14.8. The molecule has 0 aliphatic carbocycles. The van der Waals surface area contributed by atoms with Crippen LogP contribution in [0.15, 0.2) is 60.7 Å². The number of benzene rings is 2. The molecule has 8 heteroatoms. The fraction of sp³-hybridized carbons (Fsp3) is 0.333. The molecule has 0 aliphatic heterocycles. The summed E-state index contributed by atoms with van der Waals surface area (Å²) in [6.07, 6.45) is -2.47. The summed E-state index contributed by atoms with van der Waals surface area (Å²) in [4.78, 5) is 0. The van der Waals surface area contributed by atoms with E-state index in [-0.39, 0.29) is 0 Å². The first-order chi connectivity index (χ1) is 12.2. The van der Waals surface area contributed by atoms with Crippen LogP contribution in [0.25, 0.3) is 0 Å². The summed E-state index contributed by atoms with van der Waals surface area (Å²) in [6, 6.07) is 18.2. The van der Waals surface area contributed by atoms with Gasteiger partial charge in [0.2, 0.25) is 8.32 Å². The normalized spacial score (nSPS) is 14.3. The minimum Gasteiger partial charge on any atom is -0.404 e. The van der Waals surface area contributed by atoms with Crippen molar-refractivity contribution in [2.45, 2.75) is 25.2 Å². The molecule has 3 nitrogen and oxygen atoms in total. The molecule has 0 aromatic heterocycles. The van der Waals surface area contributed by atoms with Crippen molar-refractivity contribution < 1.29 is 26.1 Å². The van der Waals surface area contributed by atoms with Crippen LogP contribution in [0.2, 0.25) is 6.55 Å². The molecule has 0 amide bonds. The number of alkyl halides is 3. The Labute approximate surface area is 154 Å². The predicted molar refractivity (Wildman–Crippen MR) is 100 cm³/mol. The Hall–Kier alpha value is -1.46. The summed E-state index contributed by atoms with van der Waals surface area (Å²) in [7, 11) is -5.69. The van der Waals surface area contributed by atoms with Crippen LogP contribution >= 0.6 is 0 Å². The molecule has 1 atom stereocenters. The van der Waals surface area contributed by atoms with Gasteiger partial charge < -0.3 is 13.0 Å². The van der Waals surface area contributed by atoms with Gasteiger partial charge in [0.15, 0.2) is 6.17 Å². The predicted octanol–water partition coefficient (Wildman–Crippen LogP) is 3.16. The van der Waals surface area contributed by atoms with Gasteiger partial charge in [0.25, 0.3) is 0 Å². The van der Waals surface area contributed by atoms with Crippen LogP contribution < -0.4 is 10.4 Å². The van der Waals surface area contributed by atoms with E-state index in [9.17, 15) is 13.2 Å². The fourth-order valence-corrected chi connectivity index (χ4v) is 10.3. The van der Waals surface area contributed by atoms with E-state index in [1.54, 1.807) is 6.55 Å². The number of hydrogen-bond donors (Lipinski definition) is 0. The summed E-state index contributed by atoms with van der Waals surface area (Å²) in [5, 5.41) is 1.53. The lowest BCUT2D eigenvalue weighted by molar-refractivity contribution is -0.0635. The average Bonchev–Trinajstić information content (AvgIpc) is 2.67. The third-order valence-corrected chi connectivity index (χ3v) is 12.3. The van der Waals surface area contributed by atoms with E-state index in [2.05, 4.69) is 0 Å². The number of halogens is 3. The van der Waals surface area contributed by atoms with Crippen molar-refractivity contribution in [1.82, 2.24) is 0 Å². The number of hydrogen-bond acceptors (Lipinski definition) is 3. The molecule has 0 saturated carbocycles. The Morgan fingerprint density at radius 2 is 1.23 bits per heavy atom. The van der Waals surface area contributed by atoms with Crippen LogP contribution in [-0.2, 0) is 13.0 Å². The highest BCUT2D eigenvalue weighted by atomic mass is 28.5. The van der Waals surface area contributed by atoms with E-state index in [1.165, 1.54) is 0 Å². The van der Waals surface area contributed by atoms with E-state index in [0.717, 1.165) is 31.5 Å². The van der Waals surface area contributed by atoms with E-state index in [0.29, 0.717) is 0 Å². The maximum Gasteiger partial charge on any atom is 0.567 e. The zero-order chi connectivity index (χ0) is 19.4. The molecule has 2 aromatic carbocycles. The summed E-state index contributed by atoms with van der Waals surface area (Å²) in [6.45, 7) is 2.57. The van der Waals surface area contributed by atoms with Crippen molar-refractivity contribution in [3.8, 4) is 0 Å². The summed E-state index contributed by atoms with van der Waals surface area (Å²) >= 11 is 0. The van der Waals surface area contributed by atoms with Crippen molar-refractivity contribution in [3.05, 3.63) is 60.7 Å². The largest absolute Gasteiger partial charge is 0.567 e. The third kappa shape index (κ3) is 3.65. The Morgan fingerprint density at radius 1 is 0.846 bits per heavy atom. The molecule has 0 heterocycles. The van der Waals surface area contributed by atoms with Crippen LogP contribution in [0.5, 0.6) is 0 Å². The van der Waals surface area contributed by atoms with E-state index in [1.807, 2.05) is 60.7 Å². The molecule has 0 aliphatic rings. The summed E-state index contributed by atoms with van der Waals surface area (Å²) in [5.41, 5.74) is -3.88. The van der Waals surface area contributed by atoms with Gasteiger partial charge in [-0.3, -0.25) is 0 Å². The van der Waals surface area contributed by atoms with Gasteiger partial charge in [-0.1, -0.05) is 60.7 Å². The van der Waals surface area contributed by atoms with Gasteiger partial charge in [-0.2, -0.15) is 8.78 Å². The average molecular weight is 401 g/mol. The molecular formula is C18H23F3O3Si2. The molecule has 26 heavy (non-hydrogen) atoms. The van der Waals surface area contributed by atoms with Crippen molar-refractivity contribution in [3.63, 3.8) is 0 Å². The zero-order valence-corrected chi connectivity index (χ0v) is 17.2. The second-order valence-electron chi connectivity index (χ2n) is 6.07. The quantitative estimate of drug-likeness (QED) is 0.637. The molecule has 142 valence electrons. The van der Waals surface area contributed by atoms with E-state index in [4.69, 9.17) is 13.0 Å². The molecule has 2 aromatic rings. The number of rotatable bonds is 8. The lowest BCUT2D eigenvalue weighted by Crippen LogP contribution is -2.72. The highest BCUT2D eigenvalue weighted by molar-refractivity contribution is 7.00. The van der Waals surface area contributed by atoms with Gasteiger partial charge in [0, 0.05) is 14.2 Å². The summed E-state index contributed by atoms with van der Waals surface area (Å²) in [5.74, 6) is 0. The molecule has 0 saturated heterocycles. The Balaban J connectivity index is 2.63. The first-order valence-electron chi connectivity index (χ1n) is 8.17. The Morgan fingerprint density at radius 3 is 1.54 bits per heavy atom. The van der Waals surface area contributed by atoms with Gasteiger partial charge in [0.1, 0.15) is 0 Å². The first-order valence-corrected chi connectivity index (χ1v) is 12.3. The highest BCUT2D eigenvalue weighted by Crippen LogP contribution is 2.36. The lowest BCUT2D eigenvalue weighted by atomic mass is 10.4. The molecular weight excluding hydrogens is 377 g/mol. The topological polar surface area (TPSA) is 27.7 Å². The van der Waals surface area contributed by atoms with Crippen LogP contribution in [0.3, 0.4) is 0 Å². The molecule has 0 radical (unpaired) electrons. The van der Waals surface area contributed by atoms with Crippen molar-refractivity contribution in [2.75, 3.05) is 14.2 Å². The van der Waals surface area contributed by atoms with Crippen molar-refractivity contribution in [2.24, 2.45) is 0 Å². The van der Waals surface area contributed by atoms with Gasteiger partial charge >= 0.3 is 14.4 Å². The van der Waals surface area contributed by atoms with Gasteiger partial charge in [-0.05, 0) is 23.8 Å². The first kappa shape index (κ1) is 20.9. The van der Waals surface area contributed by atoms with E-state index < -0.39 is 28.8 Å². The zero-order valence-electron chi connectivity index (χ0n) is 15.2. The molecule has 0 N–H and O–H groups in total. The lowest BCUT2D eigenvalue weighted by Gasteiger charge is -2.41. The SMILES string of the molecule is CO[Si](OC)(O[Si](C)(c1ccccc1)c1ccccc1)C(F)(F)C(C)F. The van der Waals surface area contributed by atoms with Crippen LogP contribution in [0.1, 0.15) is 6.92 Å². The molecule has 0 bridgehead atoms. The standard InChI is InChI=1S/C18H23F3O3Si2/c1-15(19)18(20,21)26(22-2,23-3)24-25(4,16-11-7-5-8-12-16)17-13-9-6-10-14-17/h5-15H,1-4H3. The molecule has 0 fully saturated rings. The second kappa shape index (κ2) is 8.05. The smallest absolute Gasteiger partial charge is 0.404 e. The minimum absolute atomic E-state index is 0.763.